The molecular formula is C26H26F7NO3. The minimum absolute atomic E-state index is 0.177. The summed E-state index contributed by atoms with van der Waals surface area (Å²) in [5, 5.41) is 9.66. The predicted molar refractivity (Wildman–Crippen MR) is 125 cm³/mol. The highest BCUT2D eigenvalue weighted by Crippen LogP contribution is 2.31. The van der Waals surface area contributed by atoms with Gasteiger partial charge >= 0.3 is 18.7 Å². The zero-order valence-corrected chi connectivity index (χ0v) is 19.9. The van der Waals surface area contributed by atoms with Crippen LogP contribution >= 0.6 is 0 Å². The van der Waals surface area contributed by atoms with Crippen molar-refractivity contribution in [3.63, 3.8) is 0 Å². The van der Waals surface area contributed by atoms with Crippen LogP contribution in [0, 0.1) is 0 Å². The minimum atomic E-state index is -4.92. The SMILES string of the molecule is CC.O[C@H](CN(Cc1cccc(OC(F)(F)C(F)F)c1)c1cccc(Oc2ccccc2)c1)C(F)(F)F. The van der Waals surface area contributed by atoms with Gasteiger partial charge in [0.15, 0.2) is 6.10 Å². The summed E-state index contributed by atoms with van der Waals surface area (Å²) in [6.45, 7) is 2.82. The highest BCUT2D eigenvalue weighted by molar-refractivity contribution is 5.52. The van der Waals surface area contributed by atoms with Gasteiger partial charge in [-0.25, -0.2) is 0 Å². The molecule has 0 aromatic heterocycles. The fourth-order valence-electron chi connectivity index (χ4n) is 3.07. The van der Waals surface area contributed by atoms with Gasteiger partial charge in [-0.1, -0.05) is 50.2 Å². The zero-order valence-electron chi connectivity index (χ0n) is 19.9. The van der Waals surface area contributed by atoms with Crippen molar-refractivity contribution in [3.8, 4) is 17.2 Å². The first-order valence-corrected chi connectivity index (χ1v) is 11.2. The predicted octanol–water partition coefficient (Wildman–Crippen LogP) is 7.67. The number of aliphatic hydroxyl groups excluding tert-OH is 1. The highest BCUT2D eigenvalue weighted by Gasteiger charge is 2.44. The number of para-hydroxylation sites is 1. The summed E-state index contributed by atoms with van der Waals surface area (Å²) >= 11 is 0. The van der Waals surface area contributed by atoms with Crippen LogP contribution in [0.25, 0.3) is 0 Å². The molecule has 0 saturated heterocycles. The highest BCUT2D eigenvalue weighted by atomic mass is 19.4. The molecule has 0 spiro atoms. The summed E-state index contributed by atoms with van der Waals surface area (Å²) in [6.07, 6.45) is -16.4. The van der Waals surface area contributed by atoms with E-state index in [0.29, 0.717) is 11.5 Å². The van der Waals surface area contributed by atoms with Crippen LogP contribution in [-0.2, 0) is 6.54 Å². The van der Waals surface area contributed by atoms with Crippen LogP contribution in [0.4, 0.5) is 36.4 Å². The first-order valence-electron chi connectivity index (χ1n) is 11.2. The number of benzene rings is 3. The molecule has 1 atom stereocenters. The Bertz CT molecular complexity index is 1090. The fraction of sp³-hybridized carbons (Fsp3) is 0.308. The molecule has 1 N–H and O–H groups in total. The largest absolute Gasteiger partial charge is 0.461 e. The molecule has 0 aliphatic rings. The lowest BCUT2D eigenvalue weighted by atomic mass is 10.1. The molecule has 0 amide bonds. The van der Waals surface area contributed by atoms with Crippen LogP contribution < -0.4 is 14.4 Å². The smallest absolute Gasteiger partial charge is 0.457 e. The van der Waals surface area contributed by atoms with Crippen LogP contribution in [0.2, 0.25) is 0 Å². The first-order chi connectivity index (χ1) is 17.4. The molecule has 202 valence electrons. The number of halogens is 7. The number of rotatable bonds is 10. The molecule has 0 unspecified atom stereocenters. The number of alkyl halides is 7. The van der Waals surface area contributed by atoms with Crippen molar-refractivity contribution >= 4 is 5.69 Å². The second kappa shape index (κ2) is 13.2. The van der Waals surface area contributed by atoms with Gasteiger partial charge in [0.1, 0.15) is 17.2 Å². The molecule has 3 aromatic rings. The standard InChI is InChI=1S/C24H20F7NO3.C2H6/c25-22(26)24(30,31)35-20-11-4-6-16(12-20)14-32(15-21(33)23(27,28)29)17-7-5-10-19(13-17)34-18-8-2-1-3-9-18;1-2/h1-13,21-22,33H,14-15H2;1-2H3/t21-;/m1./s1. The van der Waals surface area contributed by atoms with Gasteiger partial charge in [0.2, 0.25) is 0 Å². The van der Waals surface area contributed by atoms with Gasteiger partial charge in [0.25, 0.3) is 0 Å². The van der Waals surface area contributed by atoms with E-state index in [1.165, 1.54) is 30.3 Å². The van der Waals surface area contributed by atoms with E-state index in [-0.39, 0.29) is 17.8 Å². The molecule has 0 aliphatic carbocycles. The van der Waals surface area contributed by atoms with Crippen molar-refractivity contribution in [1.29, 1.82) is 0 Å². The average molecular weight is 533 g/mol. The molecule has 0 radical (unpaired) electrons. The number of anilines is 1. The summed E-state index contributed by atoms with van der Waals surface area (Å²) in [6, 6.07) is 19.3. The van der Waals surface area contributed by atoms with Crippen molar-refractivity contribution < 1.29 is 45.3 Å². The molecule has 3 rings (SSSR count). The zero-order chi connectivity index (χ0) is 27.6. The molecule has 4 nitrogen and oxygen atoms in total. The van der Waals surface area contributed by atoms with Crippen LogP contribution in [-0.4, -0.2) is 36.5 Å². The Hall–Kier alpha value is -3.47. The quantitative estimate of drug-likeness (QED) is 0.272. The van der Waals surface area contributed by atoms with Crippen LogP contribution in [0.1, 0.15) is 19.4 Å². The molecular weight excluding hydrogens is 507 g/mol. The number of hydrogen-bond acceptors (Lipinski definition) is 4. The fourth-order valence-corrected chi connectivity index (χ4v) is 3.07. The number of ether oxygens (including phenoxy) is 2. The van der Waals surface area contributed by atoms with E-state index >= 15 is 0 Å². The summed E-state index contributed by atoms with van der Waals surface area (Å²) in [4.78, 5) is 1.15. The Labute approximate surface area is 209 Å². The van der Waals surface area contributed by atoms with E-state index in [1.807, 2.05) is 13.8 Å². The lowest BCUT2D eigenvalue weighted by Gasteiger charge is -2.29. The van der Waals surface area contributed by atoms with E-state index in [9.17, 15) is 35.8 Å². The molecule has 0 bridgehead atoms. The molecule has 0 fully saturated rings. The van der Waals surface area contributed by atoms with E-state index in [0.717, 1.165) is 17.0 Å². The van der Waals surface area contributed by atoms with Crippen LogP contribution in [0.5, 0.6) is 17.2 Å². The van der Waals surface area contributed by atoms with Crippen molar-refractivity contribution in [2.75, 3.05) is 11.4 Å². The Morgan fingerprint density at radius 1 is 0.784 bits per heavy atom. The van der Waals surface area contributed by atoms with E-state index in [2.05, 4.69) is 4.74 Å². The Morgan fingerprint density at radius 3 is 2.00 bits per heavy atom. The maximum atomic E-state index is 13.3. The summed E-state index contributed by atoms with van der Waals surface area (Å²) in [5.74, 6) is 0.190. The monoisotopic (exact) mass is 533 g/mol. The van der Waals surface area contributed by atoms with Gasteiger partial charge in [-0.15, -0.1) is 0 Å². The topological polar surface area (TPSA) is 41.9 Å². The molecule has 3 aromatic carbocycles. The minimum Gasteiger partial charge on any atom is -0.457 e. The Balaban J connectivity index is 0.00000235. The second-order valence-electron chi connectivity index (χ2n) is 7.46. The molecule has 0 saturated carbocycles. The number of nitrogens with zero attached hydrogens (tertiary/aromatic N) is 1. The van der Waals surface area contributed by atoms with E-state index in [4.69, 9.17) is 4.74 Å². The maximum absolute atomic E-state index is 13.3. The maximum Gasteiger partial charge on any atom is 0.461 e. The van der Waals surface area contributed by atoms with E-state index < -0.39 is 37.1 Å². The van der Waals surface area contributed by atoms with Gasteiger partial charge in [0, 0.05) is 18.3 Å². The first kappa shape index (κ1) is 29.8. The summed E-state index contributed by atoms with van der Waals surface area (Å²) < 4.78 is 100. The third kappa shape index (κ3) is 9.16. The lowest BCUT2D eigenvalue weighted by molar-refractivity contribution is -0.253. The van der Waals surface area contributed by atoms with Crippen molar-refractivity contribution in [3.05, 3.63) is 84.4 Å². The third-order valence-electron chi connectivity index (χ3n) is 4.71. The van der Waals surface area contributed by atoms with Gasteiger partial charge in [-0.05, 0) is 42.0 Å². The Morgan fingerprint density at radius 2 is 1.38 bits per heavy atom. The average Bonchev–Trinajstić information content (AvgIpc) is 2.85. The molecule has 0 aliphatic heterocycles. The van der Waals surface area contributed by atoms with Gasteiger partial charge in [0.05, 0.1) is 6.54 Å². The summed E-state index contributed by atoms with van der Waals surface area (Å²) in [7, 11) is 0. The lowest BCUT2D eigenvalue weighted by Crippen LogP contribution is -2.40. The second-order valence-corrected chi connectivity index (χ2v) is 7.46. The van der Waals surface area contributed by atoms with E-state index in [1.54, 1.807) is 36.4 Å². The number of hydrogen-bond donors (Lipinski definition) is 1. The van der Waals surface area contributed by atoms with Crippen molar-refractivity contribution in [2.24, 2.45) is 0 Å². The Kier molecular flexibility index (Phi) is 10.6. The van der Waals surface area contributed by atoms with Gasteiger partial charge in [-0.3, -0.25) is 0 Å². The van der Waals surface area contributed by atoms with Crippen molar-refractivity contribution in [2.45, 2.75) is 45.2 Å². The molecule has 37 heavy (non-hydrogen) atoms. The van der Waals surface area contributed by atoms with Crippen LogP contribution in [0.3, 0.4) is 0 Å². The summed E-state index contributed by atoms with van der Waals surface area (Å²) in [5.41, 5.74) is 0.405. The number of aliphatic hydroxyl groups is 1. The molecule has 11 heteroatoms. The normalized spacial score (nSPS) is 12.4. The van der Waals surface area contributed by atoms with Crippen LogP contribution in [0.15, 0.2) is 78.9 Å². The third-order valence-corrected chi connectivity index (χ3v) is 4.71. The van der Waals surface area contributed by atoms with Gasteiger partial charge in [-0.2, -0.15) is 30.7 Å². The van der Waals surface area contributed by atoms with Gasteiger partial charge < -0.3 is 19.5 Å². The van der Waals surface area contributed by atoms with Crippen molar-refractivity contribution in [1.82, 2.24) is 0 Å². The molecule has 0 heterocycles.